The second kappa shape index (κ2) is 17.5. The Morgan fingerprint density at radius 3 is 2.40 bits per heavy atom. The van der Waals surface area contributed by atoms with Gasteiger partial charge in [-0.1, -0.05) is 55.4 Å². The highest BCUT2D eigenvalue weighted by molar-refractivity contribution is 5.97. The number of ether oxygens (including phenoxy) is 1. The van der Waals surface area contributed by atoms with Crippen molar-refractivity contribution >= 4 is 40.5 Å². The number of aromatic nitrogens is 2. The van der Waals surface area contributed by atoms with E-state index in [0.717, 1.165) is 22.5 Å². The lowest BCUT2D eigenvalue weighted by molar-refractivity contribution is -0.139. The molecule has 4 aromatic rings. The molecule has 5 N–H and O–H groups in total. The molecule has 0 aliphatic heterocycles. The van der Waals surface area contributed by atoms with Gasteiger partial charge in [0.15, 0.2) is 5.69 Å². The summed E-state index contributed by atoms with van der Waals surface area (Å²) < 4.78 is 24.0. The van der Waals surface area contributed by atoms with Crippen LogP contribution in [0.1, 0.15) is 54.1 Å². The van der Waals surface area contributed by atoms with E-state index in [1.54, 1.807) is 33.0 Å². The Bertz CT molecular complexity index is 1850. The number of pyridine rings is 1. The third-order valence-corrected chi connectivity index (χ3v) is 7.69. The highest BCUT2D eigenvalue weighted by Crippen LogP contribution is 2.17. The largest absolute Gasteiger partial charge is 0.458 e. The number of carbonyl (C=O) groups excluding carboxylic acids is 5. The zero-order valence-electron chi connectivity index (χ0n) is 27.9. The number of hydrogen-bond acceptors (Lipinski definition) is 9. The number of nitrogens with zero attached hydrogens (tertiary/aromatic N) is 2. The molecular weight excluding hydrogens is 647 g/mol. The fourth-order valence-corrected chi connectivity index (χ4v) is 5.02. The van der Waals surface area contributed by atoms with Crippen molar-refractivity contribution in [3.8, 4) is 0 Å². The molecule has 0 fully saturated rings. The fourth-order valence-electron chi connectivity index (χ4n) is 5.02. The SMILES string of the molecule is Cc1cc(C(=O)N[C@H](C(=O)N[C@@H](Cc2ccc(F)cc2)C(=O)N[C@@H](/C=C/C(=O)OCc2ccnc3ccccc23)CCC(N)=O)C(C)C)no1. The first kappa shape index (κ1) is 36.9. The second-order valence-corrected chi connectivity index (χ2v) is 12.0. The Morgan fingerprint density at radius 1 is 0.980 bits per heavy atom. The van der Waals surface area contributed by atoms with Crippen molar-refractivity contribution in [3.63, 3.8) is 0 Å². The van der Waals surface area contributed by atoms with Crippen molar-refractivity contribution < 1.29 is 37.6 Å². The molecule has 4 amide bonds. The minimum absolute atomic E-state index is 0.0155. The highest BCUT2D eigenvalue weighted by Gasteiger charge is 2.30. The number of fused-ring (bicyclic) bond motifs is 1. The zero-order valence-corrected chi connectivity index (χ0v) is 27.9. The predicted molar refractivity (Wildman–Crippen MR) is 180 cm³/mol. The summed E-state index contributed by atoms with van der Waals surface area (Å²) in [4.78, 5) is 68.7. The lowest BCUT2D eigenvalue weighted by atomic mass is 10.00. The molecule has 3 atom stereocenters. The van der Waals surface area contributed by atoms with Crippen molar-refractivity contribution in [2.24, 2.45) is 11.7 Å². The Morgan fingerprint density at radius 2 is 1.72 bits per heavy atom. The average molecular weight is 687 g/mol. The van der Waals surface area contributed by atoms with E-state index in [-0.39, 0.29) is 31.6 Å². The molecule has 0 aliphatic carbocycles. The number of nitrogens with one attached hydrogen (secondary N) is 3. The quantitative estimate of drug-likeness (QED) is 0.101. The first-order valence-corrected chi connectivity index (χ1v) is 15.9. The molecule has 0 aliphatic rings. The van der Waals surface area contributed by atoms with Crippen LogP contribution >= 0.6 is 0 Å². The Hall–Kier alpha value is -5.92. The van der Waals surface area contributed by atoms with Gasteiger partial charge in [-0.05, 0) is 49.1 Å². The Balaban J connectivity index is 1.49. The summed E-state index contributed by atoms with van der Waals surface area (Å²) in [6.45, 7) is 5.03. The lowest BCUT2D eigenvalue weighted by Gasteiger charge is -2.26. The van der Waals surface area contributed by atoms with E-state index in [0.29, 0.717) is 11.3 Å². The second-order valence-electron chi connectivity index (χ2n) is 12.0. The summed E-state index contributed by atoms with van der Waals surface area (Å²) in [7, 11) is 0. The molecule has 0 spiro atoms. The van der Waals surface area contributed by atoms with E-state index < -0.39 is 59.5 Å². The average Bonchev–Trinajstić information content (AvgIpc) is 3.53. The van der Waals surface area contributed by atoms with Crippen molar-refractivity contribution in [3.05, 3.63) is 107 Å². The molecule has 4 rings (SSSR count). The van der Waals surface area contributed by atoms with Crippen LogP contribution in [0.3, 0.4) is 0 Å². The van der Waals surface area contributed by atoms with Gasteiger partial charge in [0, 0.05) is 48.2 Å². The number of nitrogens with two attached hydrogens (primary N) is 1. The summed E-state index contributed by atoms with van der Waals surface area (Å²) >= 11 is 0. The van der Waals surface area contributed by atoms with Gasteiger partial charge < -0.3 is 30.9 Å². The minimum atomic E-state index is -1.21. The van der Waals surface area contributed by atoms with E-state index in [1.807, 2.05) is 24.3 Å². The molecule has 2 heterocycles. The maximum Gasteiger partial charge on any atom is 0.330 e. The number of hydrogen-bond donors (Lipinski definition) is 4. The monoisotopic (exact) mass is 686 g/mol. The number of halogens is 1. The van der Waals surface area contributed by atoms with Gasteiger partial charge in [0.25, 0.3) is 5.91 Å². The van der Waals surface area contributed by atoms with Crippen LogP contribution in [0.15, 0.2) is 83.5 Å². The van der Waals surface area contributed by atoms with Crippen LogP contribution < -0.4 is 21.7 Å². The number of carbonyl (C=O) groups is 5. The van der Waals surface area contributed by atoms with Gasteiger partial charge in [-0.25, -0.2) is 9.18 Å². The maximum atomic E-state index is 13.7. The lowest BCUT2D eigenvalue weighted by Crippen LogP contribution is -2.56. The number of aryl methyl sites for hydroxylation is 1. The molecule has 0 unspecified atom stereocenters. The van der Waals surface area contributed by atoms with Gasteiger partial charge in [0.2, 0.25) is 17.7 Å². The number of amides is 4. The fraction of sp³-hybridized carbons (Fsp3) is 0.306. The van der Waals surface area contributed by atoms with E-state index in [2.05, 4.69) is 26.1 Å². The summed E-state index contributed by atoms with van der Waals surface area (Å²) in [5.41, 5.74) is 7.39. The topological polar surface area (TPSA) is 196 Å². The van der Waals surface area contributed by atoms with Crippen LogP contribution in [0, 0.1) is 18.7 Å². The molecule has 0 bridgehead atoms. The van der Waals surface area contributed by atoms with Gasteiger partial charge in [-0.2, -0.15) is 0 Å². The van der Waals surface area contributed by atoms with Gasteiger partial charge in [-0.3, -0.25) is 24.2 Å². The van der Waals surface area contributed by atoms with Crippen LogP contribution in [-0.2, 0) is 36.9 Å². The Labute approximate surface area is 287 Å². The van der Waals surface area contributed by atoms with E-state index in [9.17, 15) is 28.4 Å². The molecular formula is C36H39FN6O7. The van der Waals surface area contributed by atoms with Crippen LogP contribution in [0.5, 0.6) is 0 Å². The molecule has 0 saturated heterocycles. The molecule has 13 nitrogen and oxygen atoms in total. The maximum absolute atomic E-state index is 13.7. The number of benzene rings is 2. The third kappa shape index (κ3) is 10.8. The van der Waals surface area contributed by atoms with Gasteiger partial charge >= 0.3 is 5.97 Å². The molecule has 50 heavy (non-hydrogen) atoms. The van der Waals surface area contributed by atoms with Crippen LogP contribution in [0.2, 0.25) is 0 Å². The molecule has 262 valence electrons. The normalized spacial score (nSPS) is 13.1. The first-order chi connectivity index (χ1) is 23.9. The molecule has 0 saturated carbocycles. The predicted octanol–water partition coefficient (Wildman–Crippen LogP) is 3.20. The number of esters is 1. The van der Waals surface area contributed by atoms with Crippen molar-refractivity contribution in [1.82, 2.24) is 26.1 Å². The standard InChI is InChI=1S/C36H39FN6O7/c1-21(2)33(42-35(47)30-18-22(3)50-43-30)36(48)41-29(19-23-8-10-25(37)11-9-23)34(46)40-26(12-14-31(38)44)13-15-32(45)49-20-24-16-17-39-28-7-5-4-6-27(24)28/h4-11,13,15-18,21,26,29,33H,12,14,19-20H2,1-3H3,(H2,38,44)(H,40,46)(H,41,48)(H,42,47)/b15-13+/t26-,29+,33+/m1/s1. The van der Waals surface area contributed by atoms with Crippen LogP contribution in [0.4, 0.5) is 4.39 Å². The van der Waals surface area contributed by atoms with Crippen LogP contribution in [-0.4, -0.2) is 57.9 Å². The van der Waals surface area contributed by atoms with Crippen molar-refractivity contribution in [1.29, 1.82) is 0 Å². The van der Waals surface area contributed by atoms with Crippen LogP contribution in [0.25, 0.3) is 10.9 Å². The number of para-hydroxylation sites is 1. The smallest absolute Gasteiger partial charge is 0.330 e. The molecule has 0 radical (unpaired) electrons. The number of primary amides is 1. The Kier molecular flexibility index (Phi) is 12.9. The number of rotatable bonds is 16. The molecule has 14 heteroatoms. The highest BCUT2D eigenvalue weighted by atomic mass is 19.1. The first-order valence-electron chi connectivity index (χ1n) is 15.9. The third-order valence-electron chi connectivity index (χ3n) is 7.69. The zero-order chi connectivity index (χ0) is 36.2. The van der Waals surface area contributed by atoms with Gasteiger partial charge in [0.1, 0.15) is 30.3 Å². The molecule has 2 aromatic carbocycles. The van der Waals surface area contributed by atoms with Crippen molar-refractivity contribution in [2.45, 2.75) is 64.8 Å². The van der Waals surface area contributed by atoms with Crippen molar-refractivity contribution in [2.75, 3.05) is 0 Å². The summed E-state index contributed by atoms with van der Waals surface area (Å²) in [6, 6.07) is 12.8. The van der Waals surface area contributed by atoms with E-state index in [1.165, 1.54) is 36.4 Å². The summed E-state index contributed by atoms with van der Waals surface area (Å²) in [5, 5.41) is 12.6. The van der Waals surface area contributed by atoms with Gasteiger partial charge in [0.05, 0.1) is 5.52 Å². The van der Waals surface area contributed by atoms with E-state index in [4.69, 9.17) is 15.0 Å². The van der Waals surface area contributed by atoms with Gasteiger partial charge in [-0.15, -0.1) is 0 Å². The molecule has 2 aromatic heterocycles. The summed E-state index contributed by atoms with van der Waals surface area (Å²) in [5.74, 6) is -3.76. The summed E-state index contributed by atoms with van der Waals surface area (Å²) in [6.07, 6.45) is 4.00. The minimum Gasteiger partial charge on any atom is -0.458 e. The van der Waals surface area contributed by atoms with E-state index >= 15 is 0 Å².